The molecule has 1 aromatic carbocycles. The molecule has 0 aliphatic carbocycles. The third-order valence-electron chi connectivity index (χ3n) is 2.67. The monoisotopic (exact) mass is 289 g/mol. The molecule has 0 fully saturated rings. The maximum absolute atomic E-state index is 11.7. The van der Waals surface area contributed by atoms with Gasteiger partial charge >= 0.3 is 0 Å². The van der Waals surface area contributed by atoms with Gasteiger partial charge in [0.15, 0.2) is 6.61 Å². The highest BCUT2D eigenvalue weighted by molar-refractivity contribution is 5.87. The number of nitrogens with zero attached hydrogens (tertiary/aromatic N) is 1. The number of nitrogens with one attached hydrogen (secondary N) is 2. The average molecular weight is 289 g/mol. The lowest BCUT2D eigenvalue weighted by atomic mass is 10.2. The Kier molecular flexibility index (Phi) is 6.75. The molecule has 112 valence electrons. The molecular formula is C15H19N3O3. The number of ether oxygens (including phenoxy) is 1. The number of nitriles is 1. The number of carbonyl (C=O) groups is 2. The zero-order chi connectivity index (χ0) is 15.7. The van der Waals surface area contributed by atoms with Gasteiger partial charge < -0.3 is 15.4 Å². The summed E-state index contributed by atoms with van der Waals surface area (Å²) in [6.45, 7) is 3.97. The standard InChI is InChI=1S/C15H19N3O3/c1-3-8-17-15(20)11(2)18-14(19)10-21-13-6-4-12(9-16)5-7-13/h4-7,11H,3,8,10H2,1-2H3,(H,17,20)(H,18,19)/t11-/m0/s1. The van der Waals surface area contributed by atoms with Gasteiger partial charge in [-0.15, -0.1) is 0 Å². The summed E-state index contributed by atoms with van der Waals surface area (Å²) < 4.78 is 5.28. The summed E-state index contributed by atoms with van der Waals surface area (Å²) >= 11 is 0. The molecule has 1 rings (SSSR count). The first-order valence-electron chi connectivity index (χ1n) is 6.76. The molecule has 1 aromatic rings. The van der Waals surface area contributed by atoms with Gasteiger partial charge in [-0.05, 0) is 37.6 Å². The van der Waals surface area contributed by atoms with Crippen LogP contribution in [0.5, 0.6) is 5.75 Å². The SMILES string of the molecule is CCCNC(=O)[C@H](C)NC(=O)COc1ccc(C#N)cc1. The van der Waals surface area contributed by atoms with Crippen molar-refractivity contribution in [2.45, 2.75) is 26.3 Å². The Morgan fingerprint density at radius 3 is 2.57 bits per heavy atom. The number of amides is 2. The number of hydrogen-bond donors (Lipinski definition) is 2. The Bertz CT molecular complexity index is 520. The Balaban J connectivity index is 2.36. The zero-order valence-corrected chi connectivity index (χ0v) is 12.2. The second-order valence-electron chi connectivity index (χ2n) is 4.51. The van der Waals surface area contributed by atoms with Crippen LogP contribution < -0.4 is 15.4 Å². The maximum Gasteiger partial charge on any atom is 0.258 e. The largest absolute Gasteiger partial charge is 0.484 e. The third-order valence-corrected chi connectivity index (χ3v) is 2.67. The van der Waals surface area contributed by atoms with Crippen LogP contribution in [0.25, 0.3) is 0 Å². The first kappa shape index (κ1) is 16.5. The molecule has 1 atom stereocenters. The van der Waals surface area contributed by atoms with Crippen LogP contribution in [0.1, 0.15) is 25.8 Å². The zero-order valence-electron chi connectivity index (χ0n) is 12.2. The molecule has 0 unspecified atom stereocenters. The van der Waals surface area contributed by atoms with Crippen LogP contribution in [0.15, 0.2) is 24.3 Å². The highest BCUT2D eigenvalue weighted by Gasteiger charge is 2.14. The summed E-state index contributed by atoms with van der Waals surface area (Å²) in [5.41, 5.74) is 0.521. The van der Waals surface area contributed by atoms with Crippen molar-refractivity contribution in [1.29, 1.82) is 5.26 Å². The van der Waals surface area contributed by atoms with Crippen LogP contribution in [0.3, 0.4) is 0 Å². The molecule has 0 spiro atoms. The number of hydrogen-bond acceptors (Lipinski definition) is 4. The van der Waals surface area contributed by atoms with Gasteiger partial charge in [0.05, 0.1) is 11.6 Å². The van der Waals surface area contributed by atoms with Crippen LogP contribution in [0.2, 0.25) is 0 Å². The van der Waals surface area contributed by atoms with Gasteiger partial charge in [-0.3, -0.25) is 9.59 Å². The lowest BCUT2D eigenvalue weighted by Crippen LogP contribution is -2.46. The molecule has 2 amide bonds. The lowest BCUT2D eigenvalue weighted by molar-refractivity contribution is -0.129. The molecule has 2 N–H and O–H groups in total. The summed E-state index contributed by atoms with van der Waals surface area (Å²) in [6.07, 6.45) is 0.841. The minimum atomic E-state index is -0.603. The Labute approximate surface area is 124 Å². The van der Waals surface area contributed by atoms with Gasteiger partial charge in [-0.1, -0.05) is 6.92 Å². The minimum Gasteiger partial charge on any atom is -0.484 e. The Morgan fingerprint density at radius 2 is 2.00 bits per heavy atom. The normalized spacial score (nSPS) is 11.1. The molecule has 21 heavy (non-hydrogen) atoms. The van der Waals surface area contributed by atoms with Gasteiger partial charge in [0.2, 0.25) is 5.91 Å². The predicted molar refractivity (Wildman–Crippen MR) is 77.6 cm³/mol. The van der Waals surface area contributed by atoms with Gasteiger partial charge in [-0.2, -0.15) is 5.26 Å². The predicted octanol–water partition coefficient (Wildman–Crippen LogP) is 0.968. The Hall–Kier alpha value is -2.55. The maximum atomic E-state index is 11.7. The van der Waals surface area contributed by atoms with Crippen molar-refractivity contribution in [3.05, 3.63) is 29.8 Å². The summed E-state index contributed by atoms with van der Waals surface area (Å²) in [4.78, 5) is 23.2. The van der Waals surface area contributed by atoms with E-state index >= 15 is 0 Å². The van der Waals surface area contributed by atoms with Gasteiger partial charge in [0.25, 0.3) is 5.91 Å². The van der Waals surface area contributed by atoms with E-state index in [1.165, 1.54) is 0 Å². The highest BCUT2D eigenvalue weighted by atomic mass is 16.5. The van der Waals surface area contributed by atoms with Gasteiger partial charge in [0.1, 0.15) is 11.8 Å². The second-order valence-corrected chi connectivity index (χ2v) is 4.51. The lowest BCUT2D eigenvalue weighted by Gasteiger charge is -2.14. The summed E-state index contributed by atoms with van der Waals surface area (Å²) in [6, 6.07) is 7.83. The van der Waals surface area contributed by atoms with Crippen molar-refractivity contribution < 1.29 is 14.3 Å². The van der Waals surface area contributed by atoms with Gasteiger partial charge in [-0.25, -0.2) is 0 Å². The van der Waals surface area contributed by atoms with E-state index in [2.05, 4.69) is 10.6 Å². The fraction of sp³-hybridized carbons (Fsp3) is 0.400. The van der Waals surface area contributed by atoms with Crippen molar-refractivity contribution in [2.75, 3.05) is 13.2 Å². The molecule has 0 aliphatic rings. The molecule has 6 nitrogen and oxygen atoms in total. The Morgan fingerprint density at radius 1 is 1.33 bits per heavy atom. The van der Waals surface area contributed by atoms with Gasteiger partial charge in [0, 0.05) is 6.54 Å². The minimum absolute atomic E-state index is 0.183. The topological polar surface area (TPSA) is 91.2 Å². The van der Waals surface area contributed by atoms with Crippen molar-refractivity contribution in [3.63, 3.8) is 0 Å². The van der Waals surface area contributed by atoms with Crippen LogP contribution in [-0.4, -0.2) is 31.0 Å². The molecular weight excluding hydrogens is 270 g/mol. The number of benzene rings is 1. The number of carbonyl (C=O) groups excluding carboxylic acids is 2. The molecule has 0 saturated heterocycles. The molecule has 0 bridgehead atoms. The van der Waals surface area contributed by atoms with E-state index in [-0.39, 0.29) is 18.4 Å². The first-order chi connectivity index (χ1) is 10.1. The van der Waals surface area contributed by atoms with Crippen LogP contribution in [0, 0.1) is 11.3 Å². The molecule has 6 heteroatoms. The molecule has 0 heterocycles. The van der Waals surface area contributed by atoms with Crippen molar-refractivity contribution in [2.24, 2.45) is 0 Å². The van der Waals surface area contributed by atoms with E-state index in [9.17, 15) is 9.59 Å². The fourth-order valence-electron chi connectivity index (χ4n) is 1.52. The van der Waals surface area contributed by atoms with Crippen LogP contribution in [0.4, 0.5) is 0 Å². The van der Waals surface area contributed by atoms with Crippen molar-refractivity contribution in [3.8, 4) is 11.8 Å². The molecule has 0 aliphatic heterocycles. The number of rotatable bonds is 7. The third kappa shape index (κ3) is 5.95. The van der Waals surface area contributed by atoms with E-state index < -0.39 is 6.04 Å². The summed E-state index contributed by atoms with van der Waals surface area (Å²) in [5, 5.41) is 13.9. The first-order valence-corrected chi connectivity index (χ1v) is 6.76. The summed E-state index contributed by atoms with van der Waals surface area (Å²) in [5.74, 6) is -0.102. The molecule has 0 saturated carbocycles. The van der Waals surface area contributed by atoms with E-state index in [0.29, 0.717) is 17.9 Å². The van der Waals surface area contributed by atoms with E-state index in [4.69, 9.17) is 10.00 Å². The van der Waals surface area contributed by atoms with Crippen LogP contribution in [-0.2, 0) is 9.59 Å². The second kappa shape index (κ2) is 8.59. The molecule has 0 aromatic heterocycles. The fourth-order valence-corrected chi connectivity index (χ4v) is 1.52. The van der Waals surface area contributed by atoms with E-state index in [1.54, 1.807) is 31.2 Å². The van der Waals surface area contributed by atoms with E-state index in [0.717, 1.165) is 6.42 Å². The summed E-state index contributed by atoms with van der Waals surface area (Å²) in [7, 11) is 0. The van der Waals surface area contributed by atoms with Crippen LogP contribution >= 0.6 is 0 Å². The smallest absolute Gasteiger partial charge is 0.258 e. The molecule has 0 radical (unpaired) electrons. The van der Waals surface area contributed by atoms with E-state index in [1.807, 2.05) is 13.0 Å². The van der Waals surface area contributed by atoms with Crippen molar-refractivity contribution in [1.82, 2.24) is 10.6 Å². The van der Waals surface area contributed by atoms with Crippen molar-refractivity contribution >= 4 is 11.8 Å². The average Bonchev–Trinajstić information content (AvgIpc) is 2.50. The quantitative estimate of drug-likeness (QED) is 0.782. The highest BCUT2D eigenvalue weighted by Crippen LogP contribution is 2.11.